The zero-order valence-electron chi connectivity index (χ0n) is 18.3. The maximum atomic E-state index is 13.3. The van der Waals surface area contributed by atoms with Gasteiger partial charge in [-0.1, -0.05) is 39.0 Å². The van der Waals surface area contributed by atoms with Gasteiger partial charge in [0.1, 0.15) is 5.75 Å². The Balaban J connectivity index is 1.86. The molecule has 32 heavy (non-hydrogen) atoms. The molecule has 0 bridgehead atoms. The summed E-state index contributed by atoms with van der Waals surface area (Å²) in [4.78, 5) is 32.4. The number of benzene rings is 1. The van der Waals surface area contributed by atoms with Crippen LogP contribution in [0, 0.1) is 5.41 Å². The van der Waals surface area contributed by atoms with Gasteiger partial charge in [0.15, 0.2) is 11.5 Å². The molecule has 1 amide bonds. The van der Waals surface area contributed by atoms with E-state index >= 15 is 0 Å². The van der Waals surface area contributed by atoms with Gasteiger partial charge >= 0.3 is 0 Å². The summed E-state index contributed by atoms with van der Waals surface area (Å²) in [5.74, 6) is -1.02. The van der Waals surface area contributed by atoms with Crippen LogP contribution in [0.2, 0.25) is 0 Å². The van der Waals surface area contributed by atoms with Crippen molar-refractivity contribution in [2.24, 2.45) is 5.41 Å². The monoisotopic (exact) mass is 432 g/mol. The van der Waals surface area contributed by atoms with Crippen molar-refractivity contribution in [3.05, 3.63) is 78.1 Å². The van der Waals surface area contributed by atoms with Crippen LogP contribution in [0.4, 0.5) is 5.69 Å². The molecule has 0 aliphatic carbocycles. The average Bonchev–Trinajstić information content (AvgIpc) is 3.40. The molecule has 4 rings (SSSR count). The van der Waals surface area contributed by atoms with Crippen molar-refractivity contribution in [3.63, 3.8) is 0 Å². The van der Waals surface area contributed by atoms with Crippen molar-refractivity contribution in [1.82, 2.24) is 4.98 Å². The van der Waals surface area contributed by atoms with Gasteiger partial charge in [0.05, 0.1) is 48.8 Å². The Hall–Kier alpha value is -3.87. The number of Topliss-reactive ketones (excluding diaryl/α,β-unsaturated/α-hetero) is 1. The zero-order valence-corrected chi connectivity index (χ0v) is 18.3. The maximum Gasteiger partial charge on any atom is 0.294 e. The number of amides is 1. The van der Waals surface area contributed by atoms with E-state index in [0.29, 0.717) is 22.7 Å². The molecule has 0 fully saturated rings. The highest BCUT2D eigenvalue weighted by atomic mass is 16.5. The molecule has 7 nitrogen and oxygen atoms in total. The molecule has 7 heteroatoms. The Morgan fingerprint density at radius 2 is 1.91 bits per heavy atom. The van der Waals surface area contributed by atoms with Crippen LogP contribution in [0.3, 0.4) is 0 Å². The Bertz CT molecular complexity index is 1190. The molecule has 2 aromatic heterocycles. The fourth-order valence-corrected chi connectivity index (χ4v) is 3.80. The van der Waals surface area contributed by atoms with E-state index in [-0.39, 0.29) is 11.4 Å². The summed E-state index contributed by atoms with van der Waals surface area (Å²) < 4.78 is 10.6. The number of nitrogens with zero attached hydrogens (tertiary/aromatic N) is 2. The maximum absolute atomic E-state index is 13.3. The summed E-state index contributed by atoms with van der Waals surface area (Å²) >= 11 is 0. The highest BCUT2D eigenvalue weighted by Crippen LogP contribution is 2.45. The minimum Gasteiger partial charge on any atom is -0.503 e. The van der Waals surface area contributed by atoms with E-state index in [0.717, 1.165) is 5.56 Å². The molecule has 1 N–H and O–H groups in total. The molecule has 164 valence electrons. The summed E-state index contributed by atoms with van der Waals surface area (Å²) in [6.07, 6.45) is 4.67. The van der Waals surface area contributed by atoms with Crippen molar-refractivity contribution in [2.75, 3.05) is 12.0 Å². The van der Waals surface area contributed by atoms with Gasteiger partial charge in [0, 0.05) is 16.5 Å². The summed E-state index contributed by atoms with van der Waals surface area (Å²) in [5.41, 5.74) is 1.76. The van der Waals surface area contributed by atoms with Crippen LogP contribution in [0.25, 0.3) is 11.3 Å². The van der Waals surface area contributed by atoms with Crippen molar-refractivity contribution in [1.29, 1.82) is 0 Å². The van der Waals surface area contributed by atoms with E-state index in [4.69, 9.17) is 9.15 Å². The lowest BCUT2D eigenvalue weighted by Gasteiger charge is -2.29. The molecule has 1 aliphatic heterocycles. The van der Waals surface area contributed by atoms with Gasteiger partial charge in [-0.15, -0.1) is 0 Å². The Labute approximate surface area is 186 Å². The minimum absolute atomic E-state index is 0.0471. The van der Waals surface area contributed by atoms with Crippen LogP contribution in [0.5, 0.6) is 5.75 Å². The number of carbonyl (C=O) groups excluding carboxylic acids is 2. The number of furan rings is 1. The Morgan fingerprint density at radius 1 is 1.16 bits per heavy atom. The molecule has 3 aromatic rings. The fourth-order valence-electron chi connectivity index (χ4n) is 3.80. The molecule has 0 saturated heterocycles. The van der Waals surface area contributed by atoms with Crippen molar-refractivity contribution in [2.45, 2.75) is 26.8 Å². The first-order valence-electron chi connectivity index (χ1n) is 10.2. The minimum atomic E-state index is -0.855. The number of methoxy groups -OCH3 is 1. The Morgan fingerprint density at radius 3 is 2.50 bits per heavy atom. The molecular weight excluding hydrogens is 408 g/mol. The predicted molar refractivity (Wildman–Crippen MR) is 119 cm³/mol. The number of anilines is 1. The van der Waals surface area contributed by atoms with Crippen LogP contribution < -0.4 is 9.64 Å². The number of aliphatic hydroxyl groups is 1. The largest absolute Gasteiger partial charge is 0.503 e. The van der Waals surface area contributed by atoms with E-state index in [2.05, 4.69) is 4.98 Å². The Kier molecular flexibility index (Phi) is 5.34. The number of carbonyl (C=O) groups is 2. The zero-order chi connectivity index (χ0) is 23.0. The van der Waals surface area contributed by atoms with E-state index in [1.165, 1.54) is 12.0 Å². The molecule has 1 atom stereocenters. The molecule has 0 spiro atoms. The number of ketones is 1. The first kappa shape index (κ1) is 21.4. The molecular formula is C25H24N2O5. The normalized spacial score (nSPS) is 16.6. The topological polar surface area (TPSA) is 92.9 Å². The third kappa shape index (κ3) is 3.56. The molecule has 3 heterocycles. The second kappa shape index (κ2) is 8.00. The highest BCUT2D eigenvalue weighted by Gasteiger charge is 2.47. The number of ether oxygens (including phenoxy) is 1. The molecule has 1 aliphatic rings. The standard InChI is InChI=1S/C25H24N2O5/c1-25(2,3)23(29)20-21(17-7-5-6-8-19(17)31-4)27(24(30)22(20)28)16-9-10-18(26-13-16)15-11-12-32-14-15/h5-14,21,28H,1-4H3. The number of hydrogen-bond acceptors (Lipinski definition) is 6. The molecule has 1 unspecified atom stereocenters. The quantitative estimate of drug-likeness (QED) is 0.619. The van der Waals surface area contributed by atoms with Crippen LogP contribution in [-0.2, 0) is 9.59 Å². The van der Waals surface area contributed by atoms with Crippen LogP contribution >= 0.6 is 0 Å². The van der Waals surface area contributed by atoms with E-state index in [9.17, 15) is 14.7 Å². The lowest BCUT2D eigenvalue weighted by atomic mass is 9.82. The number of pyridine rings is 1. The number of hydrogen-bond donors (Lipinski definition) is 1. The SMILES string of the molecule is COc1ccccc1C1C(C(=O)C(C)(C)C)=C(O)C(=O)N1c1ccc(-c2ccoc2)nc1. The highest BCUT2D eigenvalue weighted by molar-refractivity contribution is 6.17. The van der Waals surface area contributed by atoms with Crippen LogP contribution in [0.1, 0.15) is 32.4 Å². The summed E-state index contributed by atoms with van der Waals surface area (Å²) in [6, 6.07) is 11.6. The number of rotatable bonds is 5. The van der Waals surface area contributed by atoms with E-state index < -0.39 is 23.1 Å². The lowest BCUT2D eigenvalue weighted by Crippen LogP contribution is -2.33. The second-order valence-electron chi connectivity index (χ2n) is 8.57. The summed E-state index contributed by atoms with van der Waals surface area (Å²) in [6.45, 7) is 5.26. The smallest absolute Gasteiger partial charge is 0.294 e. The van der Waals surface area contributed by atoms with Gasteiger partial charge in [0.2, 0.25) is 0 Å². The fraction of sp³-hybridized carbons (Fsp3) is 0.240. The van der Waals surface area contributed by atoms with Crippen LogP contribution in [-0.4, -0.2) is 28.9 Å². The number of aromatic nitrogens is 1. The van der Waals surface area contributed by atoms with Crippen LogP contribution in [0.15, 0.2) is 76.9 Å². The third-order valence-electron chi connectivity index (χ3n) is 5.41. The first-order valence-corrected chi connectivity index (χ1v) is 10.2. The van der Waals surface area contributed by atoms with Gasteiger partial charge < -0.3 is 14.3 Å². The van der Waals surface area contributed by atoms with Gasteiger partial charge in [-0.2, -0.15) is 0 Å². The van der Waals surface area contributed by atoms with E-state index in [1.807, 2.05) is 0 Å². The molecule has 0 radical (unpaired) electrons. The van der Waals surface area contributed by atoms with Gasteiger partial charge in [-0.3, -0.25) is 19.5 Å². The average molecular weight is 432 g/mol. The van der Waals surface area contributed by atoms with Crippen molar-refractivity contribution < 1.29 is 23.8 Å². The molecule has 0 saturated carbocycles. The predicted octanol–water partition coefficient (Wildman–Crippen LogP) is 4.87. The van der Waals surface area contributed by atoms with E-state index in [1.54, 1.807) is 82.0 Å². The first-order chi connectivity index (χ1) is 15.2. The number of para-hydroxylation sites is 1. The summed E-state index contributed by atoms with van der Waals surface area (Å²) in [7, 11) is 1.52. The van der Waals surface area contributed by atoms with Gasteiger partial charge in [-0.25, -0.2) is 0 Å². The van der Waals surface area contributed by atoms with Crippen molar-refractivity contribution >= 4 is 17.4 Å². The van der Waals surface area contributed by atoms with Gasteiger partial charge in [-0.05, 0) is 24.3 Å². The second-order valence-corrected chi connectivity index (χ2v) is 8.57. The lowest BCUT2D eigenvalue weighted by molar-refractivity contribution is -0.123. The summed E-state index contributed by atoms with van der Waals surface area (Å²) in [5, 5.41) is 10.8. The third-order valence-corrected chi connectivity index (χ3v) is 5.41. The van der Waals surface area contributed by atoms with Gasteiger partial charge in [0.25, 0.3) is 5.91 Å². The molecule has 1 aromatic carbocycles. The van der Waals surface area contributed by atoms with Crippen molar-refractivity contribution in [3.8, 4) is 17.0 Å². The number of aliphatic hydroxyl groups excluding tert-OH is 1.